The highest BCUT2D eigenvalue weighted by molar-refractivity contribution is 5.73. The second kappa shape index (κ2) is 12.6. The number of rotatable bonds is 10. The maximum absolute atomic E-state index is 12.1. The lowest BCUT2D eigenvalue weighted by atomic mass is 9.96. The SMILES string of the molecule is C#CCOc1ccc(CCNC(=O)NCC2CCN(Cc3ccc(OC)cc3)CC2)cc1. The van der Waals surface area contributed by atoms with E-state index in [1.165, 1.54) is 5.56 Å². The van der Waals surface area contributed by atoms with Crippen LogP contribution in [0.2, 0.25) is 0 Å². The summed E-state index contributed by atoms with van der Waals surface area (Å²) in [6.07, 6.45) is 8.16. The van der Waals surface area contributed by atoms with E-state index in [1.54, 1.807) is 7.11 Å². The first-order valence-electron chi connectivity index (χ1n) is 11.2. The lowest BCUT2D eigenvalue weighted by Gasteiger charge is -2.32. The minimum Gasteiger partial charge on any atom is -0.497 e. The molecule has 0 atom stereocenters. The largest absolute Gasteiger partial charge is 0.497 e. The van der Waals surface area contributed by atoms with E-state index in [9.17, 15) is 4.79 Å². The molecule has 0 unspecified atom stereocenters. The Balaban J connectivity index is 1.27. The summed E-state index contributed by atoms with van der Waals surface area (Å²) in [7, 11) is 1.69. The molecule has 6 nitrogen and oxygen atoms in total. The van der Waals surface area contributed by atoms with Gasteiger partial charge in [0.15, 0.2) is 0 Å². The lowest BCUT2D eigenvalue weighted by Crippen LogP contribution is -2.42. The van der Waals surface area contributed by atoms with E-state index in [1.807, 2.05) is 36.4 Å². The van der Waals surface area contributed by atoms with Gasteiger partial charge in [0.2, 0.25) is 0 Å². The summed E-state index contributed by atoms with van der Waals surface area (Å²) in [5, 5.41) is 5.97. The first kappa shape index (κ1) is 23.5. The maximum Gasteiger partial charge on any atom is 0.314 e. The Kier molecular flexibility index (Phi) is 9.27. The summed E-state index contributed by atoms with van der Waals surface area (Å²) in [4.78, 5) is 14.6. The zero-order valence-electron chi connectivity index (χ0n) is 18.8. The van der Waals surface area contributed by atoms with Gasteiger partial charge in [-0.3, -0.25) is 4.90 Å². The fraction of sp³-hybridized carbons (Fsp3) is 0.423. The van der Waals surface area contributed by atoms with Crippen LogP contribution in [0.1, 0.15) is 24.0 Å². The molecule has 1 aliphatic heterocycles. The van der Waals surface area contributed by atoms with E-state index < -0.39 is 0 Å². The third kappa shape index (κ3) is 7.82. The van der Waals surface area contributed by atoms with Gasteiger partial charge in [0.25, 0.3) is 0 Å². The maximum atomic E-state index is 12.1. The third-order valence-electron chi connectivity index (χ3n) is 5.77. The van der Waals surface area contributed by atoms with Crippen LogP contribution >= 0.6 is 0 Å². The lowest BCUT2D eigenvalue weighted by molar-refractivity contribution is 0.175. The van der Waals surface area contributed by atoms with E-state index in [2.05, 4.69) is 33.6 Å². The number of carbonyl (C=O) groups excluding carboxylic acids is 1. The molecule has 0 aromatic heterocycles. The fourth-order valence-corrected chi connectivity index (χ4v) is 3.84. The highest BCUT2D eigenvalue weighted by Crippen LogP contribution is 2.19. The third-order valence-corrected chi connectivity index (χ3v) is 5.77. The van der Waals surface area contributed by atoms with E-state index >= 15 is 0 Å². The summed E-state index contributed by atoms with van der Waals surface area (Å²) in [5.41, 5.74) is 2.44. The number of amides is 2. The standard InChI is InChI=1S/C26H33N3O3/c1-3-18-32-25-10-4-21(5-11-25)12-15-27-26(30)28-19-22-13-16-29(17-14-22)20-23-6-8-24(31-2)9-7-23/h1,4-11,22H,12-20H2,2H3,(H2,27,28,30). The van der Waals surface area contributed by atoms with Crippen molar-refractivity contribution in [2.24, 2.45) is 5.92 Å². The summed E-state index contributed by atoms with van der Waals surface area (Å²) >= 11 is 0. The number of hydrogen-bond acceptors (Lipinski definition) is 4. The average Bonchev–Trinajstić information content (AvgIpc) is 2.83. The summed E-state index contributed by atoms with van der Waals surface area (Å²) < 4.78 is 10.6. The van der Waals surface area contributed by atoms with Crippen LogP contribution in [0.5, 0.6) is 11.5 Å². The van der Waals surface area contributed by atoms with Crippen molar-refractivity contribution >= 4 is 6.03 Å². The quantitative estimate of drug-likeness (QED) is 0.561. The molecule has 170 valence electrons. The van der Waals surface area contributed by atoms with Gasteiger partial charge >= 0.3 is 6.03 Å². The number of nitrogens with zero attached hydrogens (tertiary/aromatic N) is 1. The minimum atomic E-state index is -0.0976. The van der Waals surface area contributed by atoms with Crippen LogP contribution in [-0.2, 0) is 13.0 Å². The summed E-state index contributed by atoms with van der Waals surface area (Å²) in [5.74, 6) is 4.62. The van der Waals surface area contributed by atoms with Gasteiger partial charge in [0.1, 0.15) is 18.1 Å². The Labute approximate surface area is 191 Å². The number of hydrogen-bond donors (Lipinski definition) is 2. The zero-order valence-corrected chi connectivity index (χ0v) is 18.8. The Bertz CT molecular complexity index is 867. The monoisotopic (exact) mass is 435 g/mol. The van der Waals surface area contributed by atoms with Gasteiger partial charge < -0.3 is 20.1 Å². The van der Waals surface area contributed by atoms with Crippen LogP contribution in [0.15, 0.2) is 48.5 Å². The Morgan fingerprint density at radius 3 is 2.34 bits per heavy atom. The van der Waals surface area contributed by atoms with Crippen LogP contribution in [-0.4, -0.2) is 50.8 Å². The van der Waals surface area contributed by atoms with Crippen LogP contribution < -0.4 is 20.1 Å². The van der Waals surface area contributed by atoms with E-state index in [4.69, 9.17) is 15.9 Å². The van der Waals surface area contributed by atoms with Crippen molar-refractivity contribution in [3.8, 4) is 23.8 Å². The second-order valence-corrected chi connectivity index (χ2v) is 8.09. The zero-order chi connectivity index (χ0) is 22.6. The Morgan fingerprint density at radius 2 is 1.69 bits per heavy atom. The van der Waals surface area contributed by atoms with Crippen molar-refractivity contribution in [3.63, 3.8) is 0 Å². The molecular weight excluding hydrogens is 402 g/mol. The molecular formula is C26H33N3O3. The van der Waals surface area contributed by atoms with Gasteiger partial charge in [-0.15, -0.1) is 6.42 Å². The molecule has 0 saturated carbocycles. The summed E-state index contributed by atoms with van der Waals surface area (Å²) in [6, 6.07) is 15.9. The van der Waals surface area contributed by atoms with E-state index in [0.717, 1.165) is 62.5 Å². The van der Waals surface area contributed by atoms with Crippen molar-refractivity contribution in [1.82, 2.24) is 15.5 Å². The number of piperidine rings is 1. The molecule has 3 rings (SSSR count). The van der Waals surface area contributed by atoms with Crippen molar-refractivity contribution in [2.45, 2.75) is 25.8 Å². The minimum absolute atomic E-state index is 0.0976. The van der Waals surface area contributed by atoms with Gasteiger partial charge in [0, 0.05) is 19.6 Å². The molecule has 1 aliphatic rings. The molecule has 32 heavy (non-hydrogen) atoms. The number of carbonyl (C=O) groups is 1. The highest BCUT2D eigenvalue weighted by atomic mass is 16.5. The average molecular weight is 436 g/mol. The Morgan fingerprint density at radius 1 is 1.03 bits per heavy atom. The van der Waals surface area contributed by atoms with Crippen LogP contribution in [0.4, 0.5) is 4.79 Å². The smallest absolute Gasteiger partial charge is 0.314 e. The Hall–Kier alpha value is -3.17. The normalized spacial score (nSPS) is 14.4. The molecule has 0 aliphatic carbocycles. The van der Waals surface area contributed by atoms with Crippen molar-refractivity contribution < 1.29 is 14.3 Å². The first-order chi connectivity index (χ1) is 15.7. The molecule has 2 N–H and O–H groups in total. The summed E-state index contributed by atoms with van der Waals surface area (Å²) in [6.45, 7) is 4.66. The molecule has 0 radical (unpaired) electrons. The molecule has 1 saturated heterocycles. The van der Waals surface area contributed by atoms with Crippen LogP contribution in [0.3, 0.4) is 0 Å². The van der Waals surface area contributed by atoms with E-state index in [0.29, 0.717) is 12.5 Å². The van der Waals surface area contributed by atoms with Gasteiger partial charge in [-0.05, 0) is 73.7 Å². The van der Waals surface area contributed by atoms with Crippen LogP contribution in [0.25, 0.3) is 0 Å². The van der Waals surface area contributed by atoms with Crippen molar-refractivity contribution in [3.05, 3.63) is 59.7 Å². The number of likely N-dealkylation sites (tertiary alicyclic amines) is 1. The molecule has 2 aromatic rings. The topological polar surface area (TPSA) is 62.8 Å². The molecule has 6 heteroatoms. The molecule has 2 amide bonds. The highest BCUT2D eigenvalue weighted by Gasteiger charge is 2.19. The predicted octanol–water partition coefficient (Wildman–Crippen LogP) is 3.46. The molecule has 0 bridgehead atoms. The number of urea groups is 1. The van der Waals surface area contributed by atoms with Crippen molar-refractivity contribution in [2.75, 3.05) is 39.9 Å². The van der Waals surface area contributed by atoms with Gasteiger partial charge in [-0.25, -0.2) is 4.79 Å². The van der Waals surface area contributed by atoms with Crippen molar-refractivity contribution in [1.29, 1.82) is 0 Å². The molecule has 1 heterocycles. The number of methoxy groups -OCH3 is 1. The number of nitrogens with one attached hydrogen (secondary N) is 2. The molecule has 2 aromatic carbocycles. The number of benzene rings is 2. The van der Waals surface area contributed by atoms with Gasteiger partial charge in [0.05, 0.1) is 7.11 Å². The van der Waals surface area contributed by atoms with Gasteiger partial charge in [-0.1, -0.05) is 30.2 Å². The van der Waals surface area contributed by atoms with Gasteiger partial charge in [-0.2, -0.15) is 0 Å². The first-order valence-corrected chi connectivity index (χ1v) is 11.2. The number of ether oxygens (including phenoxy) is 2. The predicted molar refractivity (Wildman–Crippen MR) is 127 cm³/mol. The van der Waals surface area contributed by atoms with Crippen LogP contribution in [0, 0.1) is 18.3 Å². The fourth-order valence-electron chi connectivity index (χ4n) is 3.84. The van der Waals surface area contributed by atoms with E-state index in [-0.39, 0.29) is 12.6 Å². The second-order valence-electron chi connectivity index (χ2n) is 8.09. The number of terminal acetylenes is 1. The molecule has 1 fully saturated rings. The molecule has 0 spiro atoms.